The van der Waals surface area contributed by atoms with Gasteiger partial charge in [0.25, 0.3) is 0 Å². The molecule has 3 heteroatoms. The van der Waals surface area contributed by atoms with Crippen LogP contribution in [0.2, 0.25) is 0 Å². The molecule has 4 aliphatic rings. The molecular formula is C20H30O3. The minimum Gasteiger partial charge on any atom is -0.390 e. The minimum atomic E-state index is -0.591. The quantitative estimate of drug-likeness (QED) is 0.743. The van der Waals surface area contributed by atoms with Crippen LogP contribution in [0, 0.1) is 34.5 Å². The molecule has 0 unspecified atom stereocenters. The van der Waals surface area contributed by atoms with E-state index in [0.29, 0.717) is 42.8 Å². The highest BCUT2D eigenvalue weighted by atomic mass is 16.3. The Labute approximate surface area is 139 Å². The van der Waals surface area contributed by atoms with Crippen LogP contribution >= 0.6 is 0 Å². The van der Waals surface area contributed by atoms with Crippen LogP contribution in [0.25, 0.3) is 0 Å². The summed E-state index contributed by atoms with van der Waals surface area (Å²) in [6.45, 7) is 6.54. The lowest BCUT2D eigenvalue weighted by atomic mass is 9.44. The van der Waals surface area contributed by atoms with Crippen LogP contribution < -0.4 is 0 Å². The average Bonchev–Trinajstić information content (AvgIpc) is 2.72. The summed E-state index contributed by atoms with van der Waals surface area (Å²) in [5.41, 5.74) is -0.613. The van der Waals surface area contributed by atoms with E-state index in [1.807, 2.05) is 6.92 Å². The first-order valence-corrected chi connectivity index (χ1v) is 9.46. The van der Waals surface area contributed by atoms with Crippen molar-refractivity contribution in [3.8, 4) is 0 Å². The van der Waals surface area contributed by atoms with Crippen molar-refractivity contribution in [1.82, 2.24) is 0 Å². The van der Waals surface area contributed by atoms with E-state index in [1.165, 1.54) is 0 Å². The number of carbonyl (C=O) groups excluding carboxylic acids is 2. The highest BCUT2D eigenvalue weighted by Gasteiger charge is 2.64. The Bertz CT molecular complexity index is 565. The molecule has 4 rings (SSSR count). The van der Waals surface area contributed by atoms with Gasteiger partial charge >= 0.3 is 0 Å². The van der Waals surface area contributed by atoms with Crippen molar-refractivity contribution in [2.24, 2.45) is 34.5 Å². The van der Waals surface area contributed by atoms with Gasteiger partial charge in [-0.1, -0.05) is 13.8 Å². The van der Waals surface area contributed by atoms with E-state index in [-0.39, 0.29) is 22.5 Å². The molecule has 0 saturated heterocycles. The zero-order valence-corrected chi connectivity index (χ0v) is 14.7. The third-order valence-corrected chi connectivity index (χ3v) is 8.84. The van der Waals surface area contributed by atoms with Gasteiger partial charge in [-0.25, -0.2) is 0 Å². The van der Waals surface area contributed by atoms with Crippen LogP contribution in [0.4, 0.5) is 0 Å². The Morgan fingerprint density at radius 2 is 1.65 bits per heavy atom. The highest BCUT2D eigenvalue weighted by molar-refractivity contribution is 5.90. The second kappa shape index (κ2) is 4.68. The smallest absolute Gasteiger partial charge is 0.137 e. The first-order chi connectivity index (χ1) is 10.7. The zero-order valence-electron chi connectivity index (χ0n) is 14.7. The SMILES string of the molecule is C[C@]12CCC(=O)C[C@H]1C(=O)C[C@@H]1[C@@H]2CC[C@@]2(C)[C@H]1CC[C@]2(C)O. The lowest BCUT2D eigenvalue weighted by molar-refractivity contribution is -0.166. The van der Waals surface area contributed by atoms with Gasteiger partial charge in [0.05, 0.1) is 5.60 Å². The fourth-order valence-corrected chi connectivity index (χ4v) is 7.08. The number of carbonyl (C=O) groups is 2. The first kappa shape index (κ1) is 15.8. The van der Waals surface area contributed by atoms with E-state index < -0.39 is 5.60 Å². The van der Waals surface area contributed by atoms with Crippen molar-refractivity contribution in [1.29, 1.82) is 0 Å². The second-order valence-electron chi connectivity index (χ2n) is 9.62. The summed E-state index contributed by atoms with van der Waals surface area (Å²) < 4.78 is 0. The Balaban J connectivity index is 1.70. The fourth-order valence-electron chi connectivity index (χ4n) is 7.08. The second-order valence-corrected chi connectivity index (χ2v) is 9.62. The number of Topliss-reactive ketones (excluding diaryl/α,β-unsaturated/α-hetero) is 2. The fraction of sp³-hybridized carbons (Fsp3) is 0.900. The van der Waals surface area contributed by atoms with E-state index in [4.69, 9.17) is 0 Å². The van der Waals surface area contributed by atoms with Gasteiger partial charge in [0, 0.05) is 25.2 Å². The maximum Gasteiger partial charge on any atom is 0.137 e. The largest absolute Gasteiger partial charge is 0.390 e. The highest BCUT2D eigenvalue weighted by Crippen LogP contribution is 2.67. The predicted octanol–water partition coefficient (Wildman–Crippen LogP) is 3.53. The molecule has 0 aromatic carbocycles. The first-order valence-electron chi connectivity index (χ1n) is 9.46. The molecule has 4 saturated carbocycles. The predicted molar refractivity (Wildman–Crippen MR) is 87.7 cm³/mol. The third-order valence-electron chi connectivity index (χ3n) is 8.84. The van der Waals surface area contributed by atoms with Gasteiger partial charge in [-0.05, 0) is 67.6 Å². The standard InChI is InChI=1S/C20H30O3/c1-18-7-4-12(21)10-16(18)17(22)11-13-14(18)5-8-19(2)15(13)6-9-20(19,3)23/h13-16,23H,4-11H2,1-3H3/t13-,14+,15+,16+,18-,19+,20+/m1/s1. The van der Waals surface area contributed by atoms with Gasteiger partial charge in [-0.3, -0.25) is 9.59 Å². The Kier molecular flexibility index (Phi) is 3.22. The molecule has 0 heterocycles. The maximum atomic E-state index is 12.9. The van der Waals surface area contributed by atoms with Gasteiger partial charge in [0.2, 0.25) is 0 Å². The monoisotopic (exact) mass is 318 g/mol. The van der Waals surface area contributed by atoms with Crippen LogP contribution in [0.5, 0.6) is 0 Å². The van der Waals surface area contributed by atoms with Crippen molar-refractivity contribution < 1.29 is 14.7 Å². The van der Waals surface area contributed by atoms with Crippen molar-refractivity contribution in [2.45, 2.75) is 77.7 Å². The number of ketones is 2. The van der Waals surface area contributed by atoms with Crippen molar-refractivity contribution in [3.63, 3.8) is 0 Å². The summed E-state index contributed by atoms with van der Waals surface area (Å²) >= 11 is 0. The molecule has 0 aromatic heterocycles. The molecule has 23 heavy (non-hydrogen) atoms. The molecule has 7 atom stereocenters. The third kappa shape index (κ3) is 1.92. The summed E-state index contributed by atoms with van der Waals surface area (Å²) in [5.74, 6) is 2.03. The van der Waals surface area contributed by atoms with Crippen LogP contribution in [0.1, 0.15) is 72.1 Å². The van der Waals surface area contributed by atoms with Crippen LogP contribution in [-0.4, -0.2) is 22.3 Å². The molecule has 1 N–H and O–H groups in total. The van der Waals surface area contributed by atoms with Crippen LogP contribution in [0.3, 0.4) is 0 Å². The number of hydrogen-bond donors (Lipinski definition) is 1. The average molecular weight is 318 g/mol. The molecule has 4 fully saturated rings. The van der Waals surface area contributed by atoms with Gasteiger partial charge < -0.3 is 5.11 Å². The topological polar surface area (TPSA) is 54.4 Å². The molecule has 0 amide bonds. The van der Waals surface area contributed by atoms with E-state index in [9.17, 15) is 14.7 Å². The van der Waals surface area contributed by atoms with Crippen LogP contribution in [0.15, 0.2) is 0 Å². The molecular weight excluding hydrogens is 288 g/mol. The summed E-state index contributed by atoms with van der Waals surface area (Å²) in [4.78, 5) is 24.8. The van der Waals surface area contributed by atoms with Gasteiger partial charge in [-0.2, -0.15) is 0 Å². The van der Waals surface area contributed by atoms with Crippen molar-refractivity contribution in [3.05, 3.63) is 0 Å². The number of hydrogen-bond acceptors (Lipinski definition) is 3. The molecule has 0 aliphatic heterocycles. The van der Waals surface area contributed by atoms with E-state index in [1.54, 1.807) is 0 Å². The summed E-state index contributed by atoms with van der Waals surface area (Å²) in [5, 5.41) is 10.9. The Morgan fingerprint density at radius 3 is 2.39 bits per heavy atom. The van der Waals surface area contributed by atoms with E-state index >= 15 is 0 Å². The van der Waals surface area contributed by atoms with Gasteiger partial charge in [0.1, 0.15) is 11.6 Å². The Morgan fingerprint density at radius 1 is 0.957 bits per heavy atom. The van der Waals surface area contributed by atoms with E-state index in [2.05, 4.69) is 13.8 Å². The van der Waals surface area contributed by atoms with E-state index in [0.717, 1.165) is 32.1 Å². The molecule has 0 bridgehead atoms. The Hall–Kier alpha value is -0.700. The zero-order chi connectivity index (χ0) is 16.6. The molecule has 0 radical (unpaired) electrons. The number of rotatable bonds is 0. The maximum absolute atomic E-state index is 12.9. The van der Waals surface area contributed by atoms with Crippen LogP contribution in [-0.2, 0) is 9.59 Å². The van der Waals surface area contributed by atoms with Gasteiger partial charge in [0.15, 0.2) is 0 Å². The lowest BCUT2D eigenvalue weighted by Gasteiger charge is -2.60. The lowest BCUT2D eigenvalue weighted by Crippen LogP contribution is -2.58. The molecule has 0 spiro atoms. The summed E-state index contributed by atoms with van der Waals surface area (Å²) in [6.07, 6.45) is 6.78. The minimum absolute atomic E-state index is 0.0175. The number of fused-ring (bicyclic) bond motifs is 5. The number of aliphatic hydroxyl groups is 1. The summed E-state index contributed by atoms with van der Waals surface area (Å²) in [7, 11) is 0. The molecule has 4 aliphatic carbocycles. The molecule has 0 aromatic rings. The molecule has 128 valence electrons. The van der Waals surface area contributed by atoms with Crippen molar-refractivity contribution >= 4 is 11.6 Å². The molecule has 3 nitrogen and oxygen atoms in total. The van der Waals surface area contributed by atoms with Gasteiger partial charge in [-0.15, -0.1) is 0 Å². The summed E-state index contributed by atoms with van der Waals surface area (Å²) in [6, 6.07) is 0. The normalized spacial score (nSPS) is 56.0. The van der Waals surface area contributed by atoms with Crippen molar-refractivity contribution in [2.75, 3.05) is 0 Å².